The molecule has 4 saturated carbocycles. The van der Waals surface area contributed by atoms with Crippen molar-refractivity contribution in [3.63, 3.8) is 0 Å². The van der Waals surface area contributed by atoms with Crippen molar-refractivity contribution in [3.05, 3.63) is 0 Å². The zero-order valence-electron chi connectivity index (χ0n) is 27.6. The number of hydrogen-bond donors (Lipinski definition) is 0. The van der Waals surface area contributed by atoms with Crippen LogP contribution in [0.2, 0.25) is 0 Å². The molecule has 10 atom stereocenters. The molecule has 0 N–H and O–H groups in total. The Hall–Kier alpha value is -1.14. The van der Waals surface area contributed by atoms with Gasteiger partial charge in [0, 0.05) is 31.2 Å². The molecule has 6 aliphatic rings. The molecular formula is C36H61N2O4+. The highest BCUT2D eigenvalue weighted by atomic mass is 16.5. The smallest absolute Gasteiger partial charge is 0.306 e. The van der Waals surface area contributed by atoms with Crippen molar-refractivity contribution >= 4 is 11.9 Å². The molecule has 0 aromatic carbocycles. The van der Waals surface area contributed by atoms with E-state index >= 15 is 0 Å². The molecule has 6 fully saturated rings. The first-order valence-corrected chi connectivity index (χ1v) is 18.0. The number of nitrogens with zero attached hydrogens (tertiary/aromatic N) is 2. The topological polar surface area (TPSA) is 55.8 Å². The summed E-state index contributed by atoms with van der Waals surface area (Å²) in [6.07, 6.45) is 17.8. The Morgan fingerprint density at radius 3 is 2.26 bits per heavy atom. The number of likely N-dealkylation sites (tertiary alicyclic amines) is 2. The Morgan fingerprint density at radius 1 is 0.881 bits per heavy atom. The number of quaternary nitrogens is 1. The largest absolute Gasteiger partial charge is 0.461 e. The Balaban J connectivity index is 1.29. The van der Waals surface area contributed by atoms with Crippen molar-refractivity contribution in [2.75, 3.05) is 33.2 Å². The zero-order valence-corrected chi connectivity index (χ0v) is 27.6. The van der Waals surface area contributed by atoms with Gasteiger partial charge in [0.1, 0.15) is 12.1 Å². The molecule has 6 heteroatoms. The van der Waals surface area contributed by atoms with Crippen LogP contribution in [0.15, 0.2) is 0 Å². The van der Waals surface area contributed by atoms with Gasteiger partial charge in [-0.25, -0.2) is 0 Å². The van der Waals surface area contributed by atoms with E-state index in [0.29, 0.717) is 41.7 Å². The lowest BCUT2D eigenvalue weighted by Crippen LogP contribution is -2.60. The number of carbonyl (C=O) groups is 2. The lowest BCUT2D eigenvalue weighted by atomic mass is 9.44. The Labute approximate surface area is 256 Å². The lowest BCUT2D eigenvalue weighted by molar-refractivity contribution is -0.935. The van der Waals surface area contributed by atoms with Crippen molar-refractivity contribution in [1.82, 2.24) is 4.90 Å². The minimum absolute atomic E-state index is 0.0332. The molecule has 2 heterocycles. The van der Waals surface area contributed by atoms with Gasteiger partial charge in [-0.1, -0.05) is 20.8 Å². The molecule has 42 heavy (non-hydrogen) atoms. The van der Waals surface area contributed by atoms with E-state index in [4.69, 9.17) is 9.47 Å². The SMILES string of the molecule is CCCC(=O)O[C@H]1[C@@H]([N+]2(C)CCCCCC2)CC2C3CC[C@H]4C[C@H](OC(C)=O)[C@@H](N5CCCC5)C[C@]4(C)C3CC[C@@]21C. The molecule has 0 aromatic rings. The first-order valence-electron chi connectivity index (χ1n) is 18.0. The number of fused-ring (bicyclic) bond motifs is 5. The number of hydrogen-bond acceptors (Lipinski definition) is 5. The Bertz CT molecular complexity index is 987. The normalized spacial score (nSPS) is 45.3. The Morgan fingerprint density at radius 2 is 1.60 bits per heavy atom. The van der Waals surface area contributed by atoms with Crippen LogP contribution < -0.4 is 0 Å². The molecular weight excluding hydrogens is 524 g/mol. The fourth-order valence-corrected chi connectivity index (χ4v) is 11.9. The highest BCUT2D eigenvalue weighted by molar-refractivity contribution is 5.69. The van der Waals surface area contributed by atoms with E-state index in [9.17, 15) is 9.59 Å². The second-order valence-electron chi connectivity index (χ2n) is 16.4. The van der Waals surface area contributed by atoms with Crippen LogP contribution in [0.5, 0.6) is 0 Å². The van der Waals surface area contributed by atoms with Crippen molar-refractivity contribution in [2.45, 2.75) is 148 Å². The molecule has 6 nitrogen and oxygen atoms in total. The molecule has 0 spiro atoms. The van der Waals surface area contributed by atoms with Crippen LogP contribution in [0.3, 0.4) is 0 Å². The first kappa shape index (κ1) is 30.9. The van der Waals surface area contributed by atoms with Gasteiger partial charge in [-0.05, 0) is 126 Å². The maximum Gasteiger partial charge on any atom is 0.306 e. The summed E-state index contributed by atoms with van der Waals surface area (Å²) in [7, 11) is 2.50. The van der Waals surface area contributed by atoms with Crippen LogP contribution in [0.25, 0.3) is 0 Å². The standard InChI is InChI=1S/C36H61N2O4/c1-6-13-33(40)42-34-31(38(5)20-11-7-8-12-21-38)23-29-27-15-14-26-22-32(41-25(2)39)30(37-18-9-10-19-37)24-36(26,4)28(27)16-17-35(29,34)3/h26-32,34H,6-24H2,1-5H3/q+1/t26-,27?,28?,29?,30-,31-,32-,34-,35-,36-/m0/s1. The number of carbonyl (C=O) groups excluding carboxylic acids is 2. The summed E-state index contributed by atoms with van der Waals surface area (Å²) in [6.45, 7) is 13.6. The number of likely N-dealkylation sites (N-methyl/N-ethyl adjacent to an activating group) is 1. The van der Waals surface area contributed by atoms with Crippen LogP contribution in [0.1, 0.15) is 124 Å². The van der Waals surface area contributed by atoms with Crippen molar-refractivity contribution < 1.29 is 23.5 Å². The van der Waals surface area contributed by atoms with E-state index in [-0.39, 0.29) is 29.6 Å². The second-order valence-corrected chi connectivity index (χ2v) is 16.4. The average molecular weight is 586 g/mol. The van der Waals surface area contributed by atoms with E-state index in [1.54, 1.807) is 6.92 Å². The van der Waals surface area contributed by atoms with Gasteiger partial charge in [0.25, 0.3) is 0 Å². The van der Waals surface area contributed by atoms with Gasteiger partial charge in [-0.3, -0.25) is 14.5 Å². The highest BCUT2D eigenvalue weighted by Crippen LogP contribution is 2.67. The molecule has 0 aromatic heterocycles. The van der Waals surface area contributed by atoms with Crippen LogP contribution in [-0.2, 0) is 19.1 Å². The molecule has 0 bridgehead atoms. The molecule has 2 saturated heterocycles. The Kier molecular flexibility index (Phi) is 8.81. The summed E-state index contributed by atoms with van der Waals surface area (Å²) >= 11 is 0. The molecule has 3 unspecified atom stereocenters. The van der Waals surface area contributed by atoms with E-state index in [2.05, 4.69) is 32.7 Å². The highest BCUT2D eigenvalue weighted by Gasteiger charge is 2.67. The van der Waals surface area contributed by atoms with Gasteiger partial charge < -0.3 is 14.0 Å². The number of ether oxygens (including phenoxy) is 2. The second kappa shape index (κ2) is 12.0. The van der Waals surface area contributed by atoms with E-state index < -0.39 is 0 Å². The third kappa shape index (κ3) is 5.37. The summed E-state index contributed by atoms with van der Waals surface area (Å²) in [6, 6.07) is 0.797. The van der Waals surface area contributed by atoms with Crippen LogP contribution >= 0.6 is 0 Å². The van der Waals surface area contributed by atoms with Gasteiger partial charge in [-0.15, -0.1) is 0 Å². The van der Waals surface area contributed by atoms with Gasteiger partial charge in [-0.2, -0.15) is 0 Å². The minimum Gasteiger partial charge on any atom is -0.461 e. The van der Waals surface area contributed by atoms with Crippen molar-refractivity contribution in [3.8, 4) is 0 Å². The van der Waals surface area contributed by atoms with Gasteiger partial charge >= 0.3 is 11.9 Å². The zero-order chi connectivity index (χ0) is 29.7. The lowest BCUT2D eigenvalue weighted by Gasteiger charge is -2.62. The minimum atomic E-state index is -0.110. The molecule has 0 amide bonds. The third-order valence-corrected chi connectivity index (χ3v) is 14.1. The predicted molar refractivity (Wildman–Crippen MR) is 166 cm³/mol. The van der Waals surface area contributed by atoms with Gasteiger partial charge in [0.15, 0.2) is 6.10 Å². The summed E-state index contributed by atoms with van der Waals surface area (Å²) < 4.78 is 13.8. The predicted octanol–water partition coefficient (Wildman–Crippen LogP) is 6.75. The van der Waals surface area contributed by atoms with Crippen LogP contribution in [0.4, 0.5) is 0 Å². The molecule has 238 valence electrons. The van der Waals surface area contributed by atoms with Crippen molar-refractivity contribution in [1.29, 1.82) is 0 Å². The summed E-state index contributed by atoms with van der Waals surface area (Å²) in [5.74, 6) is 2.62. The van der Waals surface area contributed by atoms with E-state index in [0.717, 1.165) is 36.3 Å². The molecule has 6 rings (SSSR count). The molecule has 0 radical (unpaired) electrons. The fourth-order valence-electron chi connectivity index (χ4n) is 11.9. The van der Waals surface area contributed by atoms with Crippen LogP contribution in [0, 0.1) is 34.5 Å². The monoisotopic (exact) mass is 585 g/mol. The fraction of sp³-hybridized carbons (Fsp3) is 0.944. The van der Waals surface area contributed by atoms with Crippen LogP contribution in [-0.4, -0.2) is 78.8 Å². The van der Waals surface area contributed by atoms with E-state index in [1.165, 1.54) is 90.1 Å². The summed E-state index contributed by atoms with van der Waals surface area (Å²) in [5, 5.41) is 0. The molecule has 2 aliphatic heterocycles. The first-order chi connectivity index (χ1) is 20.1. The summed E-state index contributed by atoms with van der Waals surface area (Å²) in [5.41, 5.74) is 0.372. The maximum absolute atomic E-state index is 13.1. The average Bonchev–Trinajstić information content (AvgIpc) is 3.51. The van der Waals surface area contributed by atoms with Gasteiger partial charge in [0.2, 0.25) is 0 Å². The quantitative estimate of drug-likeness (QED) is 0.255. The number of esters is 2. The maximum atomic E-state index is 13.1. The molecule has 4 aliphatic carbocycles. The van der Waals surface area contributed by atoms with Gasteiger partial charge in [0.05, 0.1) is 20.1 Å². The van der Waals surface area contributed by atoms with Crippen molar-refractivity contribution in [2.24, 2.45) is 34.5 Å². The number of rotatable bonds is 6. The third-order valence-electron chi connectivity index (χ3n) is 14.1. The van der Waals surface area contributed by atoms with E-state index in [1.807, 2.05) is 0 Å². The summed E-state index contributed by atoms with van der Waals surface area (Å²) in [4.78, 5) is 28.0.